The standard InChI is InChI=1S/C22H29BrN4O3/c1-3-27(4-2)15-16-30-20-8-6-5-7-19(20)26-21(28)13-14-24-22(29)25-18-11-9-17(23)10-12-18/h5-12H,3-4,13-16H2,1-2H3,(H,26,28)(H2,24,25,29). The Hall–Kier alpha value is -2.58. The van der Waals surface area contributed by atoms with E-state index in [9.17, 15) is 9.59 Å². The molecule has 7 nitrogen and oxygen atoms in total. The van der Waals surface area contributed by atoms with Crippen LogP contribution in [0.5, 0.6) is 5.75 Å². The highest BCUT2D eigenvalue weighted by Crippen LogP contribution is 2.23. The van der Waals surface area contributed by atoms with Crippen LogP contribution in [0.4, 0.5) is 16.2 Å². The summed E-state index contributed by atoms with van der Waals surface area (Å²) in [4.78, 5) is 26.5. The number of hydrogen-bond acceptors (Lipinski definition) is 4. The highest BCUT2D eigenvalue weighted by Gasteiger charge is 2.09. The third-order valence-corrected chi connectivity index (χ3v) is 4.99. The number of hydrogen-bond donors (Lipinski definition) is 3. The number of carbonyl (C=O) groups is 2. The van der Waals surface area contributed by atoms with Gasteiger partial charge >= 0.3 is 6.03 Å². The van der Waals surface area contributed by atoms with E-state index in [0.717, 1.165) is 24.1 Å². The first-order valence-corrected chi connectivity index (χ1v) is 10.9. The first-order chi connectivity index (χ1) is 14.5. The molecule has 30 heavy (non-hydrogen) atoms. The molecule has 0 aromatic heterocycles. The van der Waals surface area contributed by atoms with Crippen molar-refractivity contribution in [3.05, 3.63) is 53.0 Å². The van der Waals surface area contributed by atoms with Crippen LogP contribution in [0.25, 0.3) is 0 Å². The monoisotopic (exact) mass is 476 g/mol. The van der Waals surface area contributed by atoms with Crippen molar-refractivity contribution < 1.29 is 14.3 Å². The van der Waals surface area contributed by atoms with Gasteiger partial charge in [0.1, 0.15) is 12.4 Å². The van der Waals surface area contributed by atoms with Crippen molar-refractivity contribution in [1.29, 1.82) is 0 Å². The van der Waals surface area contributed by atoms with Crippen molar-refractivity contribution in [3.63, 3.8) is 0 Å². The summed E-state index contributed by atoms with van der Waals surface area (Å²) in [6, 6.07) is 14.2. The number of carbonyl (C=O) groups excluding carboxylic acids is 2. The maximum absolute atomic E-state index is 12.3. The molecule has 0 unspecified atom stereocenters. The number of halogens is 1. The molecule has 2 aromatic carbocycles. The largest absolute Gasteiger partial charge is 0.490 e. The molecule has 0 spiro atoms. The van der Waals surface area contributed by atoms with Gasteiger partial charge in [-0.3, -0.25) is 4.79 Å². The van der Waals surface area contributed by atoms with E-state index >= 15 is 0 Å². The van der Waals surface area contributed by atoms with Gasteiger partial charge in [-0.2, -0.15) is 0 Å². The average Bonchev–Trinajstić information content (AvgIpc) is 2.74. The van der Waals surface area contributed by atoms with E-state index in [1.807, 2.05) is 30.3 Å². The minimum absolute atomic E-state index is 0.154. The van der Waals surface area contributed by atoms with Crippen molar-refractivity contribution in [2.24, 2.45) is 0 Å². The molecule has 2 aromatic rings. The summed E-state index contributed by atoms with van der Waals surface area (Å²) >= 11 is 3.34. The quantitative estimate of drug-likeness (QED) is 0.450. The molecule has 0 radical (unpaired) electrons. The van der Waals surface area contributed by atoms with Crippen molar-refractivity contribution in [2.75, 3.05) is 43.4 Å². The number of para-hydroxylation sites is 2. The van der Waals surface area contributed by atoms with E-state index in [-0.39, 0.29) is 24.9 Å². The Morgan fingerprint density at radius 2 is 1.70 bits per heavy atom. The predicted molar refractivity (Wildman–Crippen MR) is 124 cm³/mol. The lowest BCUT2D eigenvalue weighted by Crippen LogP contribution is -2.31. The second-order valence-corrected chi connectivity index (χ2v) is 7.47. The van der Waals surface area contributed by atoms with Gasteiger partial charge in [-0.25, -0.2) is 4.79 Å². The van der Waals surface area contributed by atoms with E-state index in [2.05, 4.69) is 50.6 Å². The van der Waals surface area contributed by atoms with Crippen molar-refractivity contribution in [3.8, 4) is 5.75 Å². The van der Waals surface area contributed by atoms with Gasteiger partial charge in [-0.15, -0.1) is 0 Å². The molecule has 0 bridgehead atoms. The Morgan fingerprint density at radius 3 is 2.40 bits per heavy atom. The number of rotatable bonds is 11. The van der Waals surface area contributed by atoms with Gasteiger partial charge in [0, 0.05) is 29.7 Å². The highest BCUT2D eigenvalue weighted by molar-refractivity contribution is 9.10. The Kier molecular flexibility index (Phi) is 10.2. The van der Waals surface area contributed by atoms with Crippen LogP contribution in [0, 0.1) is 0 Å². The van der Waals surface area contributed by atoms with E-state index in [0.29, 0.717) is 23.7 Å². The zero-order valence-electron chi connectivity index (χ0n) is 17.4. The van der Waals surface area contributed by atoms with E-state index in [1.165, 1.54) is 0 Å². The molecule has 8 heteroatoms. The summed E-state index contributed by atoms with van der Waals surface area (Å²) in [6.07, 6.45) is 0.154. The number of amides is 3. The second-order valence-electron chi connectivity index (χ2n) is 6.56. The van der Waals surface area contributed by atoms with E-state index < -0.39 is 0 Å². The van der Waals surface area contributed by atoms with Crippen LogP contribution in [0.15, 0.2) is 53.0 Å². The number of urea groups is 1. The Morgan fingerprint density at radius 1 is 1.00 bits per heavy atom. The molecule has 162 valence electrons. The summed E-state index contributed by atoms with van der Waals surface area (Å²) in [5.41, 5.74) is 1.30. The van der Waals surface area contributed by atoms with Crippen LogP contribution in [0.2, 0.25) is 0 Å². The molecule has 2 rings (SSSR count). The summed E-state index contributed by atoms with van der Waals surface area (Å²) in [7, 11) is 0. The van der Waals surface area contributed by atoms with Crippen LogP contribution in [0.3, 0.4) is 0 Å². The van der Waals surface area contributed by atoms with E-state index in [4.69, 9.17) is 4.74 Å². The average molecular weight is 477 g/mol. The van der Waals surface area contributed by atoms with E-state index in [1.54, 1.807) is 18.2 Å². The Labute approximate surface area is 186 Å². The van der Waals surface area contributed by atoms with Crippen molar-refractivity contribution in [1.82, 2.24) is 10.2 Å². The van der Waals surface area contributed by atoms with Crippen LogP contribution in [0.1, 0.15) is 20.3 Å². The van der Waals surface area contributed by atoms with Gasteiger partial charge in [-0.1, -0.05) is 41.9 Å². The van der Waals surface area contributed by atoms with Crippen LogP contribution < -0.4 is 20.7 Å². The van der Waals surface area contributed by atoms with Gasteiger partial charge in [-0.05, 0) is 49.5 Å². The van der Waals surface area contributed by atoms with Gasteiger partial charge in [0.25, 0.3) is 0 Å². The fraction of sp³-hybridized carbons (Fsp3) is 0.364. The first kappa shape index (κ1) is 23.7. The lowest BCUT2D eigenvalue weighted by molar-refractivity contribution is -0.116. The van der Waals surface area contributed by atoms with Gasteiger partial charge in [0.05, 0.1) is 5.69 Å². The maximum atomic E-state index is 12.3. The normalized spacial score (nSPS) is 10.5. The van der Waals surface area contributed by atoms with Gasteiger partial charge in [0.2, 0.25) is 5.91 Å². The molecular weight excluding hydrogens is 448 g/mol. The number of nitrogens with zero attached hydrogens (tertiary/aromatic N) is 1. The zero-order chi connectivity index (χ0) is 21.8. The lowest BCUT2D eigenvalue weighted by atomic mass is 10.2. The number of nitrogens with one attached hydrogen (secondary N) is 3. The first-order valence-electron chi connectivity index (χ1n) is 10.1. The SMILES string of the molecule is CCN(CC)CCOc1ccccc1NC(=O)CCNC(=O)Nc1ccc(Br)cc1. The second kappa shape index (κ2) is 12.9. The molecule has 0 fully saturated rings. The van der Waals surface area contributed by atoms with Crippen molar-refractivity contribution in [2.45, 2.75) is 20.3 Å². The highest BCUT2D eigenvalue weighted by atomic mass is 79.9. The third-order valence-electron chi connectivity index (χ3n) is 4.46. The molecule has 0 aliphatic heterocycles. The fourth-order valence-electron chi connectivity index (χ4n) is 2.73. The molecule has 0 saturated heterocycles. The minimum Gasteiger partial charge on any atom is -0.490 e. The summed E-state index contributed by atoms with van der Waals surface area (Å²) < 4.78 is 6.78. The van der Waals surface area contributed by atoms with Crippen LogP contribution in [-0.2, 0) is 4.79 Å². The predicted octanol–water partition coefficient (Wildman–Crippen LogP) is 4.32. The minimum atomic E-state index is -0.356. The van der Waals surface area contributed by atoms with Crippen LogP contribution in [-0.4, -0.2) is 49.6 Å². The van der Waals surface area contributed by atoms with Gasteiger partial charge < -0.3 is 25.6 Å². The van der Waals surface area contributed by atoms with Gasteiger partial charge in [0.15, 0.2) is 0 Å². The number of anilines is 2. The topological polar surface area (TPSA) is 82.7 Å². The Balaban J connectivity index is 1.75. The molecule has 3 amide bonds. The van der Waals surface area contributed by atoms with Crippen LogP contribution >= 0.6 is 15.9 Å². The summed E-state index contributed by atoms with van der Waals surface area (Å²) in [5, 5.41) is 8.25. The fourth-order valence-corrected chi connectivity index (χ4v) is 3.00. The molecule has 0 aliphatic rings. The molecule has 0 saturated carbocycles. The number of ether oxygens (including phenoxy) is 1. The smallest absolute Gasteiger partial charge is 0.319 e. The third kappa shape index (κ3) is 8.42. The number of benzene rings is 2. The molecule has 0 heterocycles. The summed E-state index contributed by atoms with van der Waals surface area (Å²) in [6.45, 7) is 7.77. The zero-order valence-corrected chi connectivity index (χ0v) is 19.0. The number of likely N-dealkylation sites (N-methyl/N-ethyl adjacent to an activating group) is 1. The molecular formula is C22H29BrN4O3. The van der Waals surface area contributed by atoms with Crippen molar-refractivity contribution >= 4 is 39.2 Å². The molecule has 0 aliphatic carbocycles. The summed E-state index contributed by atoms with van der Waals surface area (Å²) in [5.74, 6) is 0.442. The Bertz CT molecular complexity index is 810. The molecule has 3 N–H and O–H groups in total. The molecule has 0 atom stereocenters. The lowest BCUT2D eigenvalue weighted by Gasteiger charge is -2.19. The maximum Gasteiger partial charge on any atom is 0.319 e.